The van der Waals surface area contributed by atoms with Gasteiger partial charge in [-0.05, 0) is 19.8 Å². The lowest BCUT2D eigenvalue weighted by molar-refractivity contribution is 0.000238. The normalized spacial score (nSPS) is 21.4. The average Bonchev–Trinajstić information content (AvgIpc) is 2.70. The van der Waals surface area contributed by atoms with Gasteiger partial charge in [0, 0.05) is 30.3 Å². The van der Waals surface area contributed by atoms with E-state index in [0.717, 1.165) is 24.1 Å². The smallest absolute Gasteiger partial charge is 0.0891 e. The van der Waals surface area contributed by atoms with Gasteiger partial charge >= 0.3 is 0 Å². The van der Waals surface area contributed by atoms with Crippen LogP contribution in [0.4, 0.5) is 0 Å². The number of nitrogens with two attached hydrogens (primary N) is 1. The number of rotatable bonds is 3. The fraction of sp³-hybridized carbons (Fsp3) is 0.769. The summed E-state index contributed by atoms with van der Waals surface area (Å²) in [5.41, 5.74) is 7.80. The molecule has 0 amide bonds. The first-order valence-corrected chi connectivity index (χ1v) is 6.47. The van der Waals surface area contributed by atoms with Crippen molar-refractivity contribution in [1.29, 1.82) is 0 Å². The van der Waals surface area contributed by atoms with Crippen LogP contribution in [0.2, 0.25) is 0 Å². The molecule has 0 radical (unpaired) electrons. The van der Waals surface area contributed by atoms with E-state index in [2.05, 4.69) is 5.10 Å². The highest BCUT2D eigenvalue weighted by atomic mass is 16.3. The summed E-state index contributed by atoms with van der Waals surface area (Å²) in [7, 11) is 1.90. The van der Waals surface area contributed by atoms with Gasteiger partial charge in [-0.2, -0.15) is 5.10 Å². The van der Waals surface area contributed by atoms with Crippen molar-refractivity contribution >= 4 is 0 Å². The quantitative estimate of drug-likeness (QED) is 0.840. The van der Waals surface area contributed by atoms with Gasteiger partial charge in [-0.15, -0.1) is 0 Å². The molecule has 96 valence electrons. The van der Waals surface area contributed by atoms with E-state index in [1.54, 1.807) is 6.20 Å². The summed E-state index contributed by atoms with van der Waals surface area (Å²) in [5, 5.41) is 14.9. The van der Waals surface area contributed by atoms with E-state index in [1.165, 1.54) is 19.3 Å². The predicted molar refractivity (Wildman–Crippen MR) is 67.5 cm³/mol. The van der Waals surface area contributed by atoms with Crippen LogP contribution in [0.15, 0.2) is 6.20 Å². The zero-order valence-electron chi connectivity index (χ0n) is 10.8. The largest absolute Gasteiger partial charge is 0.388 e. The molecule has 0 bridgehead atoms. The molecule has 0 spiro atoms. The van der Waals surface area contributed by atoms with Crippen molar-refractivity contribution < 1.29 is 5.11 Å². The minimum atomic E-state index is -0.471. The van der Waals surface area contributed by atoms with Crippen molar-refractivity contribution in [3.8, 4) is 0 Å². The molecule has 1 heterocycles. The monoisotopic (exact) mass is 237 g/mol. The summed E-state index contributed by atoms with van der Waals surface area (Å²) in [4.78, 5) is 0. The van der Waals surface area contributed by atoms with E-state index in [9.17, 15) is 5.11 Å². The van der Waals surface area contributed by atoms with Crippen LogP contribution >= 0.6 is 0 Å². The fourth-order valence-electron chi connectivity index (χ4n) is 2.96. The summed E-state index contributed by atoms with van der Waals surface area (Å²) in [5.74, 6) is 0. The number of nitrogens with zero attached hydrogens (tertiary/aromatic N) is 2. The first kappa shape index (κ1) is 12.6. The molecule has 1 fully saturated rings. The second-order valence-corrected chi connectivity index (χ2v) is 5.34. The third kappa shape index (κ3) is 2.11. The lowest BCUT2D eigenvalue weighted by atomic mass is 9.68. The zero-order chi connectivity index (χ0) is 12.5. The maximum atomic E-state index is 10.7. The topological polar surface area (TPSA) is 64.1 Å². The van der Waals surface area contributed by atoms with Crippen molar-refractivity contribution in [2.24, 2.45) is 18.2 Å². The van der Waals surface area contributed by atoms with Crippen molar-refractivity contribution in [2.75, 3.05) is 6.54 Å². The first-order chi connectivity index (χ1) is 8.10. The maximum Gasteiger partial charge on any atom is 0.0891 e. The molecule has 3 N–H and O–H groups in total. The molecule has 1 unspecified atom stereocenters. The van der Waals surface area contributed by atoms with Crippen LogP contribution < -0.4 is 5.73 Å². The molecule has 1 saturated carbocycles. The van der Waals surface area contributed by atoms with Gasteiger partial charge in [0.05, 0.1) is 12.3 Å². The molecule has 0 aromatic carbocycles. The molecule has 1 aromatic heterocycles. The summed E-state index contributed by atoms with van der Waals surface area (Å²) in [6, 6.07) is 0. The standard InChI is InChI=1S/C13H23N3O/c1-10-11(8-15-16(10)2)12(17)13(9-14)6-4-3-5-7-13/h8,12,17H,3-7,9,14H2,1-2H3. The van der Waals surface area contributed by atoms with E-state index in [-0.39, 0.29) is 5.41 Å². The number of aliphatic hydroxyl groups excluding tert-OH is 1. The van der Waals surface area contributed by atoms with E-state index < -0.39 is 6.10 Å². The highest BCUT2D eigenvalue weighted by molar-refractivity contribution is 5.21. The number of hydrogen-bond donors (Lipinski definition) is 2. The lowest BCUT2D eigenvalue weighted by Crippen LogP contribution is -2.38. The van der Waals surface area contributed by atoms with E-state index >= 15 is 0 Å². The van der Waals surface area contributed by atoms with Crippen LogP contribution in [0.1, 0.15) is 49.5 Å². The van der Waals surface area contributed by atoms with Gasteiger partial charge in [0.15, 0.2) is 0 Å². The number of hydrogen-bond acceptors (Lipinski definition) is 3. The van der Waals surface area contributed by atoms with Gasteiger partial charge in [0.2, 0.25) is 0 Å². The lowest BCUT2D eigenvalue weighted by Gasteiger charge is -2.40. The van der Waals surface area contributed by atoms with Gasteiger partial charge in [-0.1, -0.05) is 19.3 Å². The van der Waals surface area contributed by atoms with Crippen LogP contribution in [0, 0.1) is 12.3 Å². The van der Waals surface area contributed by atoms with E-state index in [1.807, 2.05) is 18.7 Å². The predicted octanol–water partition coefficient (Wildman–Crippen LogP) is 1.67. The fourth-order valence-corrected chi connectivity index (χ4v) is 2.96. The van der Waals surface area contributed by atoms with Crippen LogP contribution in [-0.4, -0.2) is 21.4 Å². The molecule has 1 aliphatic rings. The van der Waals surface area contributed by atoms with Gasteiger partial charge in [-0.3, -0.25) is 4.68 Å². The Hall–Kier alpha value is -0.870. The Bertz CT molecular complexity index is 380. The van der Waals surface area contributed by atoms with Gasteiger partial charge in [-0.25, -0.2) is 0 Å². The molecule has 0 saturated heterocycles. The van der Waals surface area contributed by atoms with Crippen LogP contribution in [0.25, 0.3) is 0 Å². The third-order valence-electron chi connectivity index (χ3n) is 4.40. The minimum absolute atomic E-state index is 0.133. The molecule has 0 aliphatic heterocycles. The van der Waals surface area contributed by atoms with Gasteiger partial charge in [0.1, 0.15) is 0 Å². The zero-order valence-corrected chi connectivity index (χ0v) is 10.8. The summed E-state index contributed by atoms with van der Waals surface area (Å²) >= 11 is 0. The molecular weight excluding hydrogens is 214 g/mol. The van der Waals surface area contributed by atoms with Crippen molar-refractivity contribution in [3.63, 3.8) is 0 Å². The van der Waals surface area contributed by atoms with Crippen LogP contribution in [0.3, 0.4) is 0 Å². The van der Waals surface area contributed by atoms with Crippen LogP contribution in [-0.2, 0) is 7.05 Å². The van der Waals surface area contributed by atoms with Crippen molar-refractivity contribution in [1.82, 2.24) is 9.78 Å². The average molecular weight is 237 g/mol. The molecule has 1 aromatic rings. The Labute approximate surface area is 103 Å². The van der Waals surface area contributed by atoms with Crippen molar-refractivity contribution in [2.45, 2.75) is 45.1 Å². The number of aromatic nitrogens is 2. The SMILES string of the molecule is Cc1c(C(O)C2(CN)CCCCC2)cnn1C. The maximum absolute atomic E-state index is 10.7. The molecule has 17 heavy (non-hydrogen) atoms. The molecule has 1 aliphatic carbocycles. The van der Waals surface area contributed by atoms with Gasteiger partial charge < -0.3 is 10.8 Å². The Morgan fingerprint density at radius 1 is 1.47 bits per heavy atom. The highest BCUT2D eigenvalue weighted by Crippen LogP contribution is 2.45. The Morgan fingerprint density at radius 3 is 2.59 bits per heavy atom. The molecule has 2 rings (SSSR count). The van der Waals surface area contributed by atoms with Gasteiger partial charge in [0.25, 0.3) is 0 Å². The number of aryl methyl sites for hydroxylation is 1. The Morgan fingerprint density at radius 2 is 2.12 bits per heavy atom. The summed E-state index contributed by atoms with van der Waals surface area (Å²) < 4.78 is 1.81. The molecule has 4 heteroatoms. The summed E-state index contributed by atoms with van der Waals surface area (Å²) in [6.45, 7) is 2.56. The third-order valence-corrected chi connectivity index (χ3v) is 4.40. The Balaban J connectivity index is 2.28. The Kier molecular flexibility index (Phi) is 3.54. The minimum Gasteiger partial charge on any atom is -0.388 e. The van der Waals surface area contributed by atoms with E-state index in [0.29, 0.717) is 6.54 Å². The molecule has 1 atom stereocenters. The van der Waals surface area contributed by atoms with Crippen molar-refractivity contribution in [3.05, 3.63) is 17.5 Å². The second kappa shape index (κ2) is 4.78. The second-order valence-electron chi connectivity index (χ2n) is 5.34. The van der Waals surface area contributed by atoms with E-state index in [4.69, 9.17) is 5.73 Å². The highest BCUT2D eigenvalue weighted by Gasteiger charge is 2.39. The first-order valence-electron chi connectivity index (χ1n) is 6.47. The molecular formula is C13H23N3O. The number of aliphatic hydroxyl groups is 1. The molecule has 4 nitrogen and oxygen atoms in total. The van der Waals surface area contributed by atoms with Crippen LogP contribution in [0.5, 0.6) is 0 Å². The summed E-state index contributed by atoms with van der Waals surface area (Å²) in [6.07, 6.45) is 6.98.